The summed E-state index contributed by atoms with van der Waals surface area (Å²) in [5.41, 5.74) is 1.10. The van der Waals surface area contributed by atoms with E-state index < -0.39 is 22.5 Å². The maximum atomic E-state index is 13.5. The number of sulfonamides is 1. The van der Waals surface area contributed by atoms with E-state index in [-0.39, 0.29) is 22.2 Å². The van der Waals surface area contributed by atoms with Crippen LogP contribution in [0.1, 0.15) is 6.92 Å². The van der Waals surface area contributed by atoms with Crippen molar-refractivity contribution in [3.05, 3.63) is 77.3 Å². The summed E-state index contributed by atoms with van der Waals surface area (Å²) in [7, 11) is -2.45. The van der Waals surface area contributed by atoms with Gasteiger partial charge < -0.3 is 14.4 Å². The van der Waals surface area contributed by atoms with Crippen LogP contribution in [0.5, 0.6) is 11.6 Å². The fourth-order valence-corrected chi connectivity index (χ4v) is 5.32. The molecular formula is C25H23BrN4O5S. The normalized spacial score (nSPS) is 11.8. The number of nitrogens with zero attached hydrogens (tertiary/aromatic N) is 4. The number of aryl methyl sites for hydroxylation is 1. The number of hydrogen-bond donors (Lipinski definition) is 1. The van der Waals surface area contributed by atoms with Gasteiger partial charge in [-0.1, -0.05) is 34.1 Å². The van der Waals surface area contributed by atoms with Crippen LogP contribution in [0.3, 0.4) is 0 Å². The van der Waals surface area contributed by atoms with Gasteiger partial charge in [0.05, 0.1) is 22.7 Å². The molecule has 36 heavy (non-hydrogen) atoms. The predicted octanol–water partition coefficient (Wildman–Crippen LogP) is 5.55. The van der Waals surface area contributed by atoms with E-state index in [1.54, 1.807) is 61.6 Å². The number of aromatic hydroxyl groups is 1. The van der Waals surface area contributed by atoms with Crippen molar-refractivity contribution < 1.29 is 23.1 Å². The molecule has 1 N–H and O–H groups in total. The Morgan fingerprint density at radius 2 is 1.72 bits per heavy atom. The molecule has 0 saturated heterocycles. The Morgan fingerprint density at radius 3 is 2.39 bits per heavy atom. The summed E-state index contributed by atoms with van der Waals surface area (Å²) in [5.74, 6) is -0.393. The molecule has 1 heterocycles. The first-order valence-electron chi connectivity index (χ1n) is 10.9. The molecule has 0 atom stereocenters. The van der Waals surface area contributed by atoms with Crippen LogP contribution < -0.4 is 9.04 Å². The molecule has 1 aromatic heterocycles. The van der Waals surface area contributed by atoms with Crippen LogP contribution in [0.4, 0.5) is 11.4 Å². The molecular weight excluding hydrogens is 548 g/mol. The number of fused-ring (bicyclic) bond motifs is 1. The molecule has 9 nitrogen and oxygen atoms in total. The van der Waals surface area contributed by atoms with E-state index in [2.05, 4.69) is 26.2 Å². The van der Waals surface area contributed by atoms with Crippen molar-refractivity contribution in [2.75, 3.05) is 17.5 Å². The van der Waals surface area contributed by atoms with Gasteiger partial charge in [-0.3, -0.25) is 9.10 Å². The molecule has 3 aromatic carbocycles. The Kier molecular flexibility index (Phi) is 7.41. The minimum Gasteiger partial charge on any atom is -0.494 e. The number of ether oxygens (including phenoxy) is 1. The maximum Gasteiger partial charge on any atom is 0.285 e. The summed E-state index contributed by atoms with van der Waals surface area (Å²) in [6, 6.07) is 19.6. The van der Waals surface area contributed by atoms with Crippen LogP contribution >= 0.6 is 15.9 Å². The van der Waals surface area contributed by atoms with Crippen molar-refractivity contribution in [3.8, 4) is 11.6 Å². The lowest BCUT2D eigenvalue weighted by Crippen LogP contribution is -2.35. The molecule has 0 aliphatic rings. The molecule has 186 valence electrons. The van der Waals surface area contributed by atoms with Gasteiger partial charge in [0.2, 0.25) is 5.88 Å². The van der Waals surface area contributed by atoms with Crippen LogP contribution in [-0.2, 0) is 21.9 Å². The van der Waals surface area contributed by atoms with E-state index in [9.17, 15) is 18.3 Å². The number of amides is 1. The molecule has 0 spiro atoms. The second-order valence-electron chi connectivity index (χ2n) is 7.73. The Balaban J connectivity index is 1.68. The van der Waals surface area contributed by atoms with Crippen LogP contribution in [0.15, 0.2) is 92.4 Å². The Labute approximate surface area is 216 Å². The molecule has 4 aromatic rings. The van der Waals surface area contributed by atoms with Crippen LogP contribution in [0, 0.1) is 0 Å². The molecule has 0 radical (unpaired) electrons. The van der Waals surface area contributed by atoms with Gasteiger partial charge in [-0.15, -0.1) is 10.2 Å². The standard InChI is InChI=1S/C25H23BrN4O5S/c1-3-35-19-12-10-18(11-13-19)30(36(33,34)20-14-8-17(26)9-15-20)16-23(31)27-28-24-21-6-4-5-7-22(21)29(2)25(24)32/h4-15,32H,3,16H2,1-2H3. The number of halogens is 1. The van der Waals surface area contributed by atoms with Crippen LogP contribution in [-0.4, -0.2) is 37.2 Å². The number of hydrogen-bond acceptors (Lipinski definition) is 6. The molecule has 0 aliphatic heterocycles. The van der Waals surface area contributed by atoms with Crippen molar-refractivity contribution >= 4 is 54.1 Å². The molecule has 0 unspecified atom stereocenters. The number of benzene rings is 3. The number of anilines is 1. The molecule has 0 saturated carbocycles. The minimum atomic E-state index is -4.12. The number of azo groups is 1. The zero-order valence-electron chi connectivity index (χ0n) is 19.5. The SMILES string of the molecule is CCOc1ccc(N(CC(=O)N=Nc2c(O)n(C)c3ccccc23)S(=O)(=O)c2ccc(Br)cc2)cc1. The van der Waals surface area contributed by atoms with Crippen LogP contribution in [0.2, 0.25) is 0 Å². The zero-order valence-corrected chi connectivity index (χ0v) is 21.9. The first-order valence-corrected chi connectivity index (χ1v) is 13.2. The van der Waals surface area contributed by atoms with Gasteiger partial charge in [-0.2, -0.15) is 0 Å². The number of para-hydroxylation sites is 1. The fraction of sp³-hybridized carbons (Fsp3) is 0.160. The van der Waals surface area contributed by atoms with E-state index >= 15 is 0 Å². The third kappa shape index (κ3) is 5.12. The van der Waals surface area contributed by atoms with E-state index in [1.165, 1.54) is 16.7 Å². The molecule has 0 bridgehead atoms. The van der Waals surface area contributed by atoms with Crippen molar-refractivity contribution in [1.29, 1.82) is 0 Å². The quantitative estimate of drug-likeness (QED) is 0.279. The number of aromatic nitrogens is 1. The second kappa shape index (κ2) is 10.5. The summed E-state index contributed by atoms with van der Waals surface area (Å²) >= 11 is 3.30. The van der Waals surface area contributed by atoms with Crippen molar-refractivity contribution in [3.63, 3.8) is 0 Å². The van der Waals surface area contributed by atoms with E-state index in [0.29, 0.717) is 27.7 Å². The second-order valence-corrected chi connectivity index (χ2v) is 10.5. The average Bonchev–Trinajstić information content (AvgIpc) is 3.11. The summed E-state index contributed by atoms with van der Waals surface area (Å²) in [4.78, 5) is 12.9. The Hall–Kier alpha value is -3.70. The molecule has 4 rings (SSSR count). The highest BCUT2D eigenvalue weighted by atomic mass is 79.9. The van der Waals surface area contributed by atoms with Gasteiger partial charge in [0.15, 0.2) is 5.69 Å². The molecule has 0 fully saturated rings. The Bertz CT molecular complexity index is 1530. The van der Waals surface area contributed by atoms with E-state index in [4.69, 9.17) is 4.74 Å². The van der Waals surface area contributed by atoms with Gasteiger partial charge >= 0.3 is 0 Å². The number of carbonyl (C=O) groups is 1. The highest BCUT2D eigenvalue weighted by Crippen LogP contribution is 2.37. The highest BCUT2D eigenvalue weighted by Gasteiger charge is 2.27. The topological polar surface area (TPSA) is 114 Å². The van der Waals surface area contributed by atoms with Gasteiger partial charge in [0.25, 0.3) is 15.9 Å². The van der Waals surface area contributed by atoms with E-state index in [0.717, 1.165) is 4.31 Å². The lowest BCUT2D eigenvalue weighted by atomic mass is 10.2. The highest BCUT2D eigenvalue weighted by molar-refractivity contribution is 9.10. The fourth-order valence-electron chi connectivity index (χ4n) is 3.64. The Morgan fingerprint density at radius 1 is 1.06 bits per heavy atom. The minimum absolute atomic E-state index is 0.0102. The largest absolute Gasteiger partial charge is 0.494 e. The molecule has 0 aliphatic carbocycles. The lowest BCUT2D eigenvalue weighted by molar-refractivity contribution is -0.116. The lowest BCUT2D eigenvalue weighted by Gasteiger charge is -2.23. The van der Waals surface area contributed by atoms with E-state index in [1.807, 2.05) is 13.0 Å². The van der Waals surface area contributed by atoms with Gasteiger partial charge in [-0.25, -0.2) is 8.42 Å². The van der Waals surface area contributed by atoms with Gasteiger partial charge in [-0.05, 0) is 61.5 Å². The third-order valence-electron chi connectivity index (χ3n) is 5.43. The van der Waals surface area contributed by atoms with Crippen molar-refractivity contribution in [2.45, 2.75) is 11.8 Å². The molecule has 1 amide bonds. The summed E-state index contributed by atoms with van der Waals surface area (Å²) < 4.78 is 35.7. The number of carbonyl (C=O) groups excluding carboxylic acids is 1. The first-order chi connectivity index (χ1) is 17.2. The zero-order chi connectivity index (χ0) is 25.9. The van der Waals surface area contributed by atoms with Gasteiger partial charge in [0, 0.05) is 16.9 Å². The van der Waals surface area contributed by atoms with Crippen molar-refractivity contribution in [2.24, 2.45) is 17.3 Å². The molecule has 11 heteroatoms. The smallest absolute Gasteiger partial charge is 0.285 e. The summed E-state index contributed by atoms with van der Waals surface area (Å²) in [5, 5.41) is 18.7. The predicted molar refractivity (Wildman–Crippen MR) is 140 cm³/mol. The summed E-state index contributed by atoms with van der Waals surface area (Å²) in [6.45, 7) is 1.71. The monoisotopic (exact) mass is 570 g/mol. The first kappa shape index (κ1) is 25.4. The van der Waals surface area contributed by atoms with Crippen molar-refractivity contribution in [1.82, 2.24) is 4.57 Å². The third-order valence-corrected chi connectivity index (χ3v) is 7.74. The number of rotatable bonds is 8. The average molecular weight is 571 g/mol. The maximum absolute atomic E-state index is 13.5. The summed E-state index contributed by atoms with van der Waals surface area (Å²) in [6.07, 6.45) is 0. The van der Waals surface area contributed by atoms with Crippen LogP contribution in [0.25, 0.3) is 10.9 Å². The van der Waals surface area contributed by atoms with Gasteiger partial charge in [0.1, 0.15) is 12.3 Å².